The highest BCUT2D eigenvalue weighted by molar-refractivity contribution is 7.17. The van der Waals surface area contributed by atoms with Gasteiger partial charge in [0.05, 0.1) is 16.9 Å². The third kappa shape index (κ3) is 9.37. The molecule has 194 valence electrons. The number of hydrogen-bond acceptors (Lipinski definition) is 8. The number of alkyl carbamates (subject to hydrolysis) is 1. The van der Waals surface area contributed by atoms with Gasteiger partial charge in [0.1, 0.15) is 16.9 Å². The number of anilines is 1. The van der Waals surface area contributed by atoms with E-state index in [0.29, 0.717) is 6.42 Å². The molecular weight excluding hydrogens is 459 g/mol. The van der Waals surface area contributed by atoms with E-state index in [1.807, 2.05) is 0 Å². The number of nitrogen functional groups attached to an aromatic ring is 1. The van der Waals surface area contributed by atoms with Crippen LogP contribution < -0.4 is 11.1 Å². The fourth-order valence-electron chi connectivity index (χ4n) is 3.21. The topological polar surface area (TPSA) is 129 Å². The molecule has 9 nitrogen and oxygen atoms in total. The first-order valence-electron chi connectivity index (χ1n) is 11.2. The number of aromatic hydroxyl groups is 1. The van der Waals surface area contributed by atoms with Crippen molar-refractivity contribution >= 4 is 20.5 Å². The molecular formula is C24H41N2O7P. The number of benzene rings is 1. The first-order chi connectivity index (χ1) is 15.2. The monoisotopic (exact) mass is 500 g/mol. The third-order valence-electron chi connectivity index (χ3n) is 4.50. The Hall–Kier alpha value is -1.93. The standard InChI is InChI=1S/C24H41N2O7P/c1-20(2,3)30-19(28)26-23(10,14-13-16-11-12-18(27)17(25)15-16)24(33-34-29,31-21(4,5)6)32-22(7,8)9/h11-12,15,27H,13-14,25H2,1-10H3,(H,26,28)/t23-/m1/s1. The lowest BCUT2D eigenvalue weighted by Crippen LogP contribution is -2.69. The summed E-state index contributed by atoms with van der Waals surface area (Å²) < 4.78 is 35.6. The van der Waals surface area contributed by atoms with Crippen molar-refractivity contribution < 1.29 is 33.2 Å². The van der Waals surface area contributed by atoms with E-state index in [4.69, 9.17) is 24.5 Å². The van der Waals surface area contributed by atoms with Gasteiger partial charge in [-0.1, -0.05) is 6.07 Å². The summed E-state index contributed by atoms with van der Waals surface area (Å²) in [7, 11) is -0.700. The van der Waals surface area contributed by atoms with E-state index in [0.717, 1.165) is 5.56 Å². The van der Waals surface area contributed by atoms with E-state index in [9.17, 15) is 14.5 Å². The van der Waals surface area contributed by atoms with Gasteiger partial charge in [0.15, 0.2) is 0 Å². The van der Waals surface area contributed by atoms with E-state index >= 15 is 0 Å². The molecule has 0 aliphatic carbocycles. The number of carbonyl (C=O) groups is 1. The minimum absolute atomic E-state index is 0.0200. The van der Waals surface area contributed by atoms with Gasteiger partial charge in [-0.05, 0) is 99.8 Å². The zero-order chi connectivity index (χ0) is 26.6. The zero-order valence-corrected chi connectivity index (χ0v) is 23.0. The van der Waals surface area contributed by atoms with Crippen LogP contribution in [0.2, 0.25) is 0 Å². The molecule has 0 saturated heterocycles. The summed E-state index contributed by atoms with van der Waals surface area (Å²) in [6.45, 7) is 17.7. The van der Waals surface area contributed by atoms with E-state index in [-0.39, 0.29) is 17.9 Å². The van der Waals surface area contributed by atoms with Crippen LogP contribution in [0.25, 0.3) is 0 Å². The van der Waals surface area contributed by atoms with Crippen molar-refractivity contribution in [1.82, 2.24) is 5.32 Å². The second kappa shape index (κ2) is 10.8. The summed E-state index contributed by atoms with van der Waals surface area (Å²) in [5.74, 6) is -1.99. The Balaban J connectivity index is 3.59. The van der Waals surface area contributed by atoms with Gasteiger partial charge >= 0.3 is 20.8 Å². The molecule has 1 amide bonds. The van der Waals surface area contributed by atoms with Crippen LogP contribution in [0.15, 0.2) is 18.2 Å². The lowest BCUT2D eigenvalue weighted by atomic mass is 9.89. The van der Waals surface area contributed by atoms with Crippen LogP contribution in [-0.2, 0) is 29.7 Å². The maximum atomic E-state index is 12.9. The smallest absolute Gasteiger partial charge is 0.408 e. The van der Waals surface area contributed by atoms with Gasteiger partial charge < -0.3 is 30.4 Å². The summed E-state index contributed by atoms with van der Waals surface area (Å²) in [5.41, 5.74) is 3.12. The van der Waals surface area contributed by atoms with Gasteiger partial charge in [-0.25, -0.2) is 13.9 Å². The van der Waals surface area contributed by atoms with E-state index < -0.39 is 43.1 Å². The number of nitrogens with one attached hydrogen (secondary N) is 1. The van der Waals surface area contributed by atoms with Crippen LogP contribution in [0.4, 0.5) is 10.5 Å². The Morgan fingerprint density at radius 3 is 1.91 bits per heavy atom. The van der Waals surface area contributed by atoms with Gasteiger partial charge in [-0.15, -0.1) is 0 Å². The number of amides is 1. The molecule has 34 heavy (non-hydrogen) atoms. The number of phenols is 1. The van der Waals surface area contributed by atoms with Crippen LogP contribution in [0.3, 0.4) is 0 Å². The van der Waals surface area contributed by atoms with Crippen molar-refractivity contribution in [3.05, 3.63) is 23.8 Å². The average molecular weight is 501 g/mol. The molecule has 1 aromatic carbocycles. The maximum Gasteiger partial charge on any atom is 0.408 e. The molecule has 0 aliphatic rings. The van der Waals surface area contributed by atoms with E-state index in [2.05, 4.69) is 5.32 Å². The fraction of sp³-hybridized carbons (Fsp3) is 0.708. The lowest BCUT2D eigenvalue weighted by Gasteiger charge is -2.50. The zero-order valence-electron chi connectivity index (χ0n) is 22.1. The van der Waals surface area contributed by atoms with Crippen LogP contribution in [0.5, 0.6) is 5.75 Å². The summed E-state index contributed by atoms with van der Waals surface area (Å²) in [6.07, 6.45) is -0.109. The number of ether oxygens (including phenoxy) is 3. The van der Waals surface area contributed by atoms with Crippen molar-refractivity contribution in [3.8, 4) is 5.75 Å². The summed E-state index contributed by atoms with van der Waals surface area (Å²) in [6, 6.07) is 4.87. The fourth-order valence-corrected chi connectivity index (χ4v) is 3.59. The van der Waals surface area contributed by atoms with Crippen LogP contribution in [-0.4, -0.2) is 39.5 Å². The highest BCUT2D eigenvalue weighted by atomic mass is 31.1. The van der Waals surface area contributed by atoms with Crippen LogP contribution >= 0.6 is 8.69 Å². The van der Waals surface area contributed by atoms with Gasteiger partial charge in [-0.3, -0.25) is 0 Å². The quantitative estimate of drug-likeness (QED) is 0.170. The lowest BCUT2D eigenvalue weighted by molar-refractivity contribution is -0.423. The Kier molecular flexibility index (Phi) is 9.54. The first kappa shape index (κ1) is 30.1. The predicted molar refractivity (Wildman–Crippen MR) is 132 cm³/mol. The maximum absolute atomic E-state index is 12.9. The summed E-state index contributed by atoms with van der Waals surface area (Å²) >= 11 is 0. The molecule has 0 bridgehead atoms. The summed E-state index contributed by atoms with van der Waals surface area (Å²) in [5, 5.41) is 12.6. The molecule has 0 saturated carbocycles. The molecule has 0 aromatic heterocycles. The minimum Gasteiger partial charge on any atom is -0.506 e. The Morgan fingerprint density at radius 1 is 0.971 bits per heavy atom. The Bertz CT molecular complexity index is 840. The second-order valence-corrected chi connectivity index (χ2v) is 11.8. The molecule has 1 rings (SSSR count). The highest BCUT2D eigenvalue weighted by Crippen LogP contribution is 2.42. The van der Waals surface area contributed by atoms with Crippen molar-refractivity contribution in [2.45, 2.75) is 110 Å². The first-order valence-corrected chi connectivity index (χ1v) is 11.9. The third-order valence-corrected chi connectivity index (χ3v) is 4.81. The minimum atomic E-state index is -1.97. The molecule has 0 heterocycles. The van der Waals surface area contributed by atoms with Crippen molar-refractivity contribution in [3.63, 3.8) is 0 Å². The van der Waals surface area contributed by atoms with Gasteiger partial charge in [0.25, 0.3) is 0 Å². The number of phenolic OH excluding ortho intramolecular Hbond substituents is 1. The summed E-state index contributed by atoms with van der Waals surface area (Å²) in [4.78, 5) is 12.9. The number of nitrogens with two attached hydrogens (primary N) is 1. The molecule has 0 fully saturated rings. The molecule has 1 atom stereocenters. The molecule has 0 unspecified atom stereocenters. The molecule has 4 N–H and O–H groups in total. The average Bonchev–Trinajstić information content (AvgIpc) is 2.58. The number of rotatable bonds is 9. The van der Waals surface area contributed by atoms with Crippen molar-refractivity contribution in [2.75, 3.05) is 5.73 Å². The number of aryl methyl sites for hydroxylation is 1. The van der Waals surface area contributed by atoms with Gasteiger partial charge in [0.2, 0.25) is 0 Å². The Morgan fingerprint density at radius 2 is 1.50 bits per heavy atom. The van der Waals surface area contributed by atoms with E-state index in [1.165, 1.54) is 6.07 Å². The largest absolute Gasteiger partial charge is 0.506 e. The normalized spacial score (nSPS) is 15.1. The molecule has 0 aliphatic heterocycles. The number of hydrogen-bond donors (Lipinski definition) is 3. The van der Waals surface area contributed by atoms with Gasteiger partial charge in [0, 0.05) is 0 Å². The molecule has 1 aromatic rings. The van der Waals surface area contributed by atoms with Crippen molar-refractivity contribution in [2.24, 2.45) is 0 Å². The second-order valence-electron chi connectivity index (χ2n) is 11.5. The Labute approximate surface area is 205 Å². The molecule has 10 heteroatoms. The molecule has 0 spiro atoms. The van der Waals surface area contributed by atoms with Gasteiger partial charge in [-0.2, -0.15) is 0 Å². The van der Waals surface area contributed by atoms with E-state index in [1.54, 1.807) is 81.4 Å². The van der Waals surface area contributed by atoms with Crippen molar-refractivity contribution in [1.29, 1.82) is 0 Å². The van der Waals surface area contributed by atoms with Crippen LogP contribution in [0, 0.1) is 0 Å². The predicted octanol–water partition coefficient (Wildman–Crippen LogP) is 5.70. The SMILES string of the molecule is CC(C)(C)OC(=O)N[C@](C)(CCc1ccc(O)c(N)c1)C(OP=O)(OC(C)(C)C)OC(C)(C)C. The van der Waals surface area contributed by atoms with Crippen LogP contribution in [0.1, 0.15) is 81.2 Å². The number of carbonyl (C=O) groups excluding carboxylic acids is 1. The molecule has 0 radical (unpaired) electrons. The highest BCUT2D eigenvalue weighted by Gasteiger charge is 2.58.